The van der Waals surface area contributed by atoms with Crippen LogP contribution in [-0.4, -0.2) is 15.0 Å². The summed E-state index contributed by atoms with van der Waals surface area (Å²) in [6.45, 7) is 0. The SMILES string of the molecule is c1ccc(-c2ccc(-c3nc(-c4cccc(-c5cccc(-c6ccc7ccccc7c6)c5-c5ccccc5)c4)nc(-c4ccc5ccccc5c4)n3)cc2)cc1. The van der Waals surface area contributed by atoms with Gasteiger partial charge in [0.05, 0.1) is 0 Å². The minimum atomic E-state index is 0.624. The van der Waals surface area contributed by atoms with Crippen LogP contribution in [0.25, 0.3) is 100 Å². The van der Waals surface area contributed by atoms with Crippen LogP contribution in [0.5, 0.6) is 0 Å². The first-order valence-electron chi connectivity index (χ1n) is 18.9. The summed E-state index contributed by atoms with van der Waals surface area (Å²) in [6, 6.07) is 74.9. The lowest BCUT2D eigenvalue weighted by molar-refractivity contribution is 1.07. The lowest BCUT2D eigenvalue weighted by Crippen LogP contribution is -2.00. The van der Waals surface area contributed by atoms with E-state index in [0.717, 1.165) is 44.3 Å². The first kappa shape index (κ1) is 33.1. The fraction of sp³-hybridized carbons (Fsp3) is 0. The van der Waals surface area contributed by atoms with E-state index in [0.29, 0.717) is 17.5 Å². The zero-order chi connectivity index (χ0) is 37.3. The summed E-state index contributed by atoms with van der Waals surface area (Å²) in [6.07, 6.45) is 0. The normalized spacial score (nSPS) is 11.2. The highest BCUT2D eigenvalue weighted by molar-refractivity contribution is 5.97. The van der Waals surface area contributed by atoms with Crippen LogP contribution in [0.1, 0.15) is 0 Å². The number of fused-ring (bicyclic) bond motifs is 2. The van der Waals surface area contributed by atoms with E-state index in [1.807, 2.05) is 6.07 Å². The molecule has 0 saturated heterocycles. The first-order valence-corrected chi connectivity index (χ1v) is 18.9. The van der Waals surface area contributed by atoms with Crippen molar-refractivity contribution in [1.82, 2.24) is 15.0 Å². The van der Waals surface area contributed by atoms with Gasteiger partial charge in [-0.15, -0.1) is 0 Å². The molecule has 0 atom stereocenters. The Morgan fingerprint density at radius 1 is 0.214 bits per heavy atom. The van der Waals surface area contributed by atoms with E-state index in [1.54, 1.807) is 0 Å². The van der Waals surface area contributed by atoms with Gasteiger partial charge in [-0.3, -0.25) is 0 Å². The summed E-state index contributed by atoms with van der Waals surface area (Å²) in [5, 5.41) is 4.77. The van der Waals surface area contributed by atoms with Crippen LogP contribution in [0.3, 0.4) is 0 Å². The molecule has 0 spiro atoms. The molecule has 0 aliphatic carbocycles. The second kappa shape index (κ2) is 14.4. The molecule has 10 aromatic rings. The van der Waals surface area contributed by atoms with Gasteiger partial charge in [-0.25, -0.2) is 15.0 Å². The van der Waals surface area contributed by atoms with Crippen molar-refractivity contribution in [3.8, 4) is 78.7 Å². The minimum Gasteiger partial charge on any atom is -0.208 e. The van der Waals surface area contributed by atoms with E-state index in [4.69, 9.17) is 15.0 Å². The second-order valence-electron chi connectivity index (χ2n) is 14.0. The number of benzene rings is 9. The summed E-state index contributed by atoms with van der Waals surface area (Å²) in [4.78, 5) is 15.4. The molecule has 56 heavy (non-hydrogen) atoms. The van der Waals surface area contributed by atoms with Gasteiger partial charge in [0.25, 0.3) is 0 Å². The quantitative estimate of drug-likeness (QED) is 0.165. The van der Waals surface area contributed by atoms with Gasteiger partial charge in [-0.2, -0.15) is 0 Å². The van der Waals surface area contributed by atoms with Gasteiger partial charge in [0, 0.05) is 16.7 Å². The molecule has 0 aliphatic rings. The summed E-state index contributed by atoms with van der Waals surface area (Å²) in [7, 11) is 0. The van der Waals surface area contributed by atoms with Crippen molar-refractivity contribution in [3.05, 3.63) is 212 Å². The third kappa shape index (κ3) is 6.42. The first-order chi connectivity index (χ1) is 27.7. The molecule has 10 rings (SSSR count). The topological polar surface area (TPSA) is 38.7 Å². The van der Waals surface area contributed by atoms with E-state index in [-0.39, 0.29) is 0 Å². The molecule has 3 nitrogen and oxygen atoms in total. The fourth-order valence-corrected chi connectivity index (χ4v) is 7.67. The van der Waals surface area contributed by atoms with Crippen LogP contribution in [0.4, 0.5) is 0 Å². The Kier molecular flexibility index (Phi) is 8.51. The predicted octanol–water partition coefficient (Wildman–Crippen LogP) is 13.8. The highest BCUT2D eigenvalue weighted by Gasteiger charge is 2.17. The Bertz CT molecular complexity index is 3010. The maximum Gasteiger partial charge on any atom is 0.164 e. The zero-order valence-corrected chi connectivity index (χ0v) is 30.5. The Balaban J connectivity index is 1.12. The Hall–Kier alpha value is -7.49. The molecule has 0 radical (unpaired) electrons. The molecule has 0 unspecified atom stereocenters. The average Bonchev–Trinajstić information content (AvgIpc) is 3.29. The number of rotatable bonds is 7. The van der Waals surface area contributed by atoms with Gasteiger partial charge in [-0.05, 0) is 84.3 Å². The highest BCUT2D eigenvalue weighted by Crippen LogP contribution is 2.41. The van der Waals surface area contributed by atoms with Gasteiger partial charge in [0.2, 0.25) is 0 Å². The predicted molar refractivity (Wildman–Crippen MR) is 233 cm³/mol. The smallest absolute Gasteiger partial charge is 0.164 e. The van der Waals surface area contributed by atoms with Crippen LogP contribution in [0.2, 0.25) is 0 Å². The Morgan fingerprint density at radius 2 is 0.589 bits per heavy atom. The van der Waals surface area contributed by atoms with Gasteiger partial charge in [0.15, 0.2) is 17.5 Å². The number of aromatic nitrogens is 3. The van der Waals surface area contributed by atoms with Gasteiger partial charge in [-0.1, -0.05) is 194 Å². The fourth-order valence-electron chi connectivity index (χ4n) is 7.67. The summed E-state index contributed by atoms with van der Waals surface area (Å²) >= 11 is 0. The van der Waals surface area contributed by atoms with E-state index in [9.17, 15) is 0 Å². The van der Waals surface area contributed by atoms with E-state index >= 15 is 0 Å². The standard InChI is InChI=1S/C53H35N3/c1-3-13-36(14-4-1)39-25-29-41(30-26-39)51-54-52(56-53(55-51)47-32-28-38-16-8-10-20-43(38)34-47)46-22-11-21-44(35-46)48-23-12-24-49(50(48)40-17-5-2-6-18-40)45-31-27-37-15-7-9-19-42(37)33-45/h1-35H. The van der Waals surface area contributed by atoms with Crippen molar-refractivity contribution in [2.24, 2.45) is 0 Å². The molecule has 0 fully saturated rings. The summed E-state index contributed by atoms with van der Waals surface area (Å²) in [5.41, 5.74) is 12.1. The summed E-state index contributed by atoms with van der Waals surface area (Å²) in [5.74, 6) is 1.89. The minimum absolute atomic E-state index is 0.624. The van der Waals surface area contributed by atoms with Crippen LogP contribution >= 0.6 is 0 Å². The molecule has 0 amide bonds. The van der Waals surface area contributed by atoms with Crippen LogP contribution < -0.4 is 0 Å². The van der Waals surface area contributed by atoms with E-state index < -0.39 is 0 Å². The van der Waals surface area contributed by atoms with Crippen LogP contribution in [0, 0.1) is 0 Å². The van der Waals surface area contributed by atoms with Crippen molar-refractivity contribution in [2.75, 3.05) is 0 Å². The maximum atomic E-state index is 5.16. The summed E-state index contributed by atoms with van der Waals surface area (Å²) < 4.78 is 0. The third-order valence-electron chi connectivity index (χ3n) is 10.5. The Labute approximate surface area is 326 Å². The molecule has 9 aromatic carbocycles. The maximum absolute atomic E-state index is 5.16. The van der Waals surface area contributed by atoms with Crippen LogP contribution in [-0.2, 0) is 0 Å². The van der Waals surface area contributed by atoms with Crippen molar-refractivity contribution >= 4 is 21.5 Å². The molecule has 262 valence electrons. The highest BCUT2D eigenvalue weighted by atomic mass is 15.0. The number of hydrogen-bond donors (Lipinski definition) is 0. The van der Waals surface area contributed by atoms with E-state index in [1.165, 1.54) is 38.4 Å². The molecule has 1 heterocycles. The van der Waals surface area contributed by atoms with Crippen molar-refractivity contribution < 1.29 is 0 Å². The molecule has 3 heteroatoms. The van der Waals surface area contributed by atoms with Crippen molar-refractivity contribution in [2.45, 2.75) is 0 Å². The second-order valence-corrected chi connectivity index (χ2v) is 14.0. The monoisotopic (exact) mass is 713 g/mol. The molecular weight excluding hydrogens is 679 g/mol. The molecule has 0 aliphatic heterocycles. The molecule has 1 aromatic heterocycles. The lowest BCUT2D eigenvalue weighted by Gasteiger charge is -2.17. The van der Waals surface area contributed by atoms with Crippen molar-refractivity contribution in [1.29, 1.82) is 0 Å². The van der Waals surface area contributed by atoms with Gasteiger partial charge < -0.3 is 0 Å². The number of nitrogens with zero attached hydrogens (tertiary/aromatic N) is 3. The molecular formula is C53H35N3. The number of hydrogen-bond acceptors (Lipinski definition) is 3. The van der Waals surface area contributed by atoms with Gasteiger partial charge in [0.1, 0.15) is 0 Å². The molecule has 0 saturated carbocycles. The Morgan fingerprint density at radius 3 is 1.21 bits per heavy atom. The zero-order valence-electron chi connectivity index (χ0n) is 30.5. The molecule has 0 N–H and O–H groups in total. The largest absolute Gasteiger partial charge is 0.208 e. The lowest BCUT2D eigenvalue weighted by atomic mass is 9.87. The molecule has 0 bridgehead atoms. The third-order valence-corrected chi connectivity index (χ3v) is 10.5. The van der Waals surface area contributed by atoms with Crippen LogP contribution in [0.15, 0.2) is 212 Å². The van der Waals surface area contributed by atoms with Gasteiger partial charge >= 0.3 is 0 Å². The average molecular weight is 714 g/mol. The van der Waals surface area contributed by atoms with E-state index in [2.05, 4.69) is 206 Å². The van der Waals surface area contributed by atoms with Crippen molar-refractivity contribution in [3.63, 3.8) is 0 Å².